The number of fused-ring (bicyclic) bond motifs is 1. The largest absolute Gasteiger partial charge is 0.457 e. The van der Waals surface area contributed by atoms with Gasteiger partial charge >= 0.3 is 0 Å². The lowest BCUT2D eigenvalue weighted by atomic mass is 9.86. The Labute approximate surface area is 196 Å². The Morgan fingerprint density at radius 3 is 2.73 bits per heavy atom. The van der Waals surface area contributed by atoms with Crippen molar-refractivity contribution >= 4 is 22.9 Å². The van der Waals surface area contributed by atoms with Crippen molar-refractivity contribution in [2.45, 2.75) is 70.9 Å². The lowest BCUT2D eigenvalue weighted by Crippen LogP contribution is -2.39. The lowest BCUT2D eigenvalue weighted by molar-refractivity contribution is -0.133. The van der Waals surface area contributed by atoms with Gasteiger partial charge in [-0.2, -0.15) is 0 Å². The van der Waals surface area contributed by atoms with Crippen molar-refractivity contribution in [2.24, 2.45) is 5.92 Å². The fourth-order valence-corrected chi connectivity index (χ4v) is 5.10. The minimum atomic E-state index is 0.101. The molecule has 1 fully saturated rings. The quantitative estimate of drug-likeness (QED) is 0.447. The molecule has 1 aliphatic rings. The maximum absolute atomic E-state index is 13.0. The van der Waals surface area contributed by atoms with Crippen LogP contribution < -0.4 is 10.5 Å². The van der Waals surface area contributed by atoms with E-state index in [4.69, 9.17) is 10.5 Å². The molecule has 6 nitrogen and oxygen atoms in total. The van der Waals surface area contributed by atoms with Crippen molar-refractivity contribution in [2.75, 3.05) is 12.8 Å². The topological polar surface area (TPSA) is 73.4 Å². The summed E-state index contributed by atoms with van der Waals surface area (Å²) in [4.78, 5) is 19.5. The van der Waals surface area contributed by atoms with Crippen LogP contribution in [0.3, 0.4) is 0 Å². The Morgan fingerprint density at radius 2 is 2.00 bits per heavy atom. The van der Waals surface area contributed by atoms with Gasteiger partial charge in [-0.25, -0.2) is 4.98 Å². The van der Waals surface area contributed by atoms with Crippen LogP contribution in [0.4, 0.5) is 5.95 Å². The number of benzene rings is 2. The average molecular weight is 449 g/mol. The van der Waals surface area contributed by atoms with Crippen LogP contribution >= 0.6 is 0 Å². The van der Waals surface area contributed by atoms with Crippen LogP contribution in [-0.2, 0) is 4.79 Å². The molecule has 0 spiro atoms. The molecule has 1 amide bonds. The van der Waals surface area contributed by atoms with Gasteiger partial charge in [0.25, 0.3) is 0 Å². The summed E-state index contributed by atoms with van der Waals surface area (Å²) < 4.78 is 8.10. The molecule has 1 saturated carbocycles. The fraction of sp³-hybridized carbons (Fsp3) is 0.481. The van der Waals surface area contributed by atoms with E-state index in [0.717, 1.165) is 48.2 Å². The molecule has 0 aliphatic heterocycles. The predicted molar refractivity (Wildman–Crippen MR) is 133 cm³/mol. The molecule has 3 unspecified atom stereocenters. The highest BCUT2D eigenvalue weighted by atomic mass is 16.5. The van der Waals surface area contributed by atoms with Gasteiger partial charge in [-0.15, -0.1) is 0 Å². The molecule has 176 valence electrons. The number of nitrogen functional groups attached to an aromatic ring is 1. The third-order valence-electron chi connectivity index (χ3n) is 7.04. The molecule has 1 heterocycles. The Morgan fingerprint density at radius 1 is 1.21 bits per heavy atom. The second-order valence-corrected chi connectivity index (χ2v) is 9.44. The molecule has 3 atom stereocenters. The Balaban J connectivity index is 1.49. The first-order valence-electron chi connectivity index (χ1n) is 12.2. The van der Waals surface area contributed by atoms with E-state index in [-0.39, 0.29) is 11.9 Å². The summed E-state index contributed by atoms with van der Waals surface area (Å²) in [5, 5.41) is 0. The van der Waals surface area contributed by atoms with E-state index >= 15 is 0 Å². The van der Waals surface area contributed by atoms with Gasteiger partial charge in [0.1, 0.15) is 11.5 Å². The minimum absolute atomic E-state index is 0.101. The number of hydrogen-bond acceptors (Lipinski definition) is 4. The summed E-state index contributed by atoms with van der Waals surface area (Å²) in [6.07, 6.45) is 6.85. The Bertz CT molecular complexity index is 1080. The molecule has 4 rings (SSSR count). The number of para-hydroxylation sites is 1. The van der Waals surface area contributed by atoms with E-state index in [0.29, 0.717) is 24.3 Å². The van der Waals surface area contributed by atoms with E-state index in [2.05, 4.69) is 23.4 Å². The number of nitrogens with two attached hydrogens (primary N) is 1. The van der Waals surface area contributed by atoms with Crippen LogP contribution in [0.2, 0.25) is 0 Å². The summed E-state index contributed by atoms with van der Waals surface area (Å²) in [6.45, 7) is 4.43. The maximum Gasteiger partial charge on any atom is 0.222 e. The smallest absolute Gasteiger partial charge is 0.222 e. The van der Waals surface area contributed by atoms with Gasteiger partial charge in [0.2, 0.25) is 11.9 Å². The van der Waals surface area contributed by atoms with Crippen LogP contribution in [0.5, 0.6) is 11.5 Å². The number of carbonyl (C=O) groups excluding carboxylic acids is 1. The SMILES string of the molecule is CCC(CCC(=O)N(C)C1CCCC(C)C1)n1c(N)nc2ccc(Oc3ccccc3)cc21. The van der Waals surface area contributed by atoms with Crippen molar-refractivity contribution in [3.05, 3.63) is 48.5 Å². The first kappa shape index (κ1) is 23.1. The maximum atomic E-state index is 13.0. The average Bonchev–Trinajstić information content (AvgIpc) is 3.15. The Hall–Kier alpha value is -3.02. The Kier molecular flexibility index (Phi) is 7.21. The molecular weight excluding hydrogens is 412 g/mol. The van der Waals surface area contributed by atoms with Gasteiger partial charge in [0.05, 0.1) is 11.0 Å². The number of ether oxygens (including phenoxy) is 1. The van der Waals surface area contributed by atoms with Crippen LogP contribution in [0.25, 0.3) is 11.0 Å². The van der Waals surface area contributed by atoms with Crippen LogP contribution in [0.15, 0.2) is 48.5 Å². The van der Waals surface area contributed by atoms with E-state index in [1.165, 1.54) is 12.8 Å². The number of nitrogens with zero attached hydrogens (tertiary/aromatic N) is 3. The lowest BCUT2D eigenvalue weighted by Gasteiger charge is -2.34. The zero-order valence-electron chi connectivity index (χ0n) is 20.0. The van der Waals surface area contributed by atoms with E-state index in [1.807, 2.05) is 60.5 Å². The summed E-state index contributed by atoms with van der Waals surface area (Å²) >= 11 is 0. The summed E-state index contributed by atoms with van der Waals surface area (Å²) in [7, 11) is 1.97. The summed E-state index contributed by atoms with van der Waals surface area (Å²) in [5.41, 5.74) is 8.12. The van der Waals surface area contributed by atoms with Crippen LogP contribution in [0, 0.1) is 5.92 Å². The molecule has 1 aliphatic carbocycles. The highest BCUT2D eigenvalue weighted by Crippen LogP contribution is 2.32. The molecular formula is C27H36N4O2. The summed E-state index contributed by atoms with van der Waals surface area (Å²) in [5.74, 6) is 2.94. The zero-order valence-corrected chi connectivity index (χ0v) is 20.0. The van der Waals surface area contributed by atoms with E-state index in [9.17, 15) is 4.79 Å². The number of hydrogen-bond donors (Lipinski definition) is 1. The molecule has 0 saturated heterocycles. The second kappa shape index (κ2) is 10.3. The molecule has 0 bridgehead atoms. The third kappa shape index (κ3) is 5.32. The number of amides is 1. The first-order valence-corrected chi connectivity index (χ1v) is 12.2. The van der Waals surface area contributed by atoms with Gasteiger partial charge in [0, 0.05) is 31.6 Å². The number of carbonyl (C=O) groups is 1. The van der Waals surface area contributed by atoms with Gasteiger partial charge in [-0.1, -0.05) is 44.9 Å². The van der Waals surface area contributed by atoms with Crippen molar-refractivity contribution in [3.63, 3.8) is 0 Å². The number of rotatable bonds is 8. The first-order chi connectivity index (χ1) is 16.0. The highest BCUT2D eigenvalue weighted by molar-refractivity contribution is 5.80. The molecule has 6 heteroatoms. The van der Waals surface area contributed by atoms with Gasteiger partial charge < -0.3 is 19.9 Å². The minimum Gasteiger partial charge on any atom is -0.457 e. The molecule has 1 aromatic heterocycles. The van der Waals surface area contributed by atoms with Crippen LogP contribution in [0.1, 0.15) is 64.8 Å². The predicted octanol–water partition coefficient (Wildman–Crippen LogP) is 6.18. The van der Waals surface area contributed by atoms with E-state index in [1.54, 1.807) is 0 Å². The van der Waals surface area contributed by atoms with Gasteiger partial charge in [-0.05, 0) is 55.9 Å². The van der Waals surface area contributed by atoms with Crippen molar-refractivity contribution in [3.8, 4) is 11.5 Å². The number of imidazole rings is 1. The highest BCUT2D eigenvalue weighted by Gasteiger charge is 2.26. The zero-order chi connectivity index (χ0) is 23.4. The number of anilines is 1. The number of aromatic nitrogens is 2. The fourth-order valence-electron chi connectivity index (χ4n) is 5.10. The van der Waals surface area contributed by atoms with Crippen molar-refractivity contribution in [1.82, 2.24) is 14.5 Å². The molecule has 2 aromatic carbocycles. The van der Waals surface area contributed by atoms with Crippen LogP contribution in [-0.4, -0.2) is 33.4 Å². The van der Waals surface area contributed by atoms with E-state index < -0.39 is 0 Å². The van der Waals surface area contributed by atoms with Gasteiger partial charge in [-0.3, -0.25) is 4.79 Å². The molecule has 3 aromatic rings. The van der Waals surface area contributed by atoms with Gasteiger partial charge in [0.15, 0.2) is 0 Å². The molecule has 33 heavy (non-hydrogen) atoms. The second-order valence-electron chi connectivity index (χ2n) is 9.44. The van der Waals surface area contributed by atoms with Crippen molar-refractivity contribution in [1.29, 1.82) is 0 Å². The monoisotopic (exact) mass is 448 g/mol. The van der Waals surface area contributed by atoms with Crippen molar-refractivity contribution < 1.29 is 9.53 Å². The normalized spacial score (nSPS) is 19.4. The molecule has 2 N–H and O–H groups in total. The molecule has 0 radical (unpaired) electrons. The third-order valence-corrected chi connectivity index (χ3v) is 7.04. The summed E-state index contributed by atoms with van der Waals surface area (Å²) in [6, 6.07) is 16.0. The standard InChI is InChI=1S/C27H36N4O2/c1-4-20(13-16-26(32)30(3)21-10-8-9-19(2)17-21)31-25-18-23(14-15-24(25)29-27(31)28)33-22-11-6-5-7-12-22/h5-7,11-12,14-15,18-21H,4,8-10,13,16-17H2,1-3H3,(H2,28,29).